The highest BCUT2D eigenvalue weighted by molar-refractivity contribution is 6.35. The van der Waals surface area contributed by atoms with Crippen molar-refractivity contribution in [1.82, 2.24) is 0 Å². The van der Waals surface area contributed by atoms with Crippen molar-refractivity contribution < 1.29 is 14.3 Å². The Kier molecular flexibility index (Phi) is 4.79. The molecule has 0 aliphatic carbocycles. The summed E-state index contributed by atoms with van der Waals surface area (Å²) in [6, 6.07) is 13.6. The van der Waals surface area contributed by atoms with Crippen molar-refractivity contribution in [2.24, 2.45) is 5.92 Å². The van der Waals surface area contributed by atoms with Crippen molar-refractivity contribution in [2.75, 3.05) is 25.7 Å². The Morgan fingerprint density at radius 1 is 1.04 bits per heavy atom. The third-order valence-corrected chi connectivity index (χ3v) is 4.23. The van der Waals surface area contributed by atoms with Crippen LogP contribution < -0.4 is 14.4 Å². The van der Waals surface area contributed by atoms with Gasteiger partial charge in [-0.05, 0) is 35.8 Å². The number of para-hydroxylation sites is 1. The lowest BCUT2D eigenvalue weighted by atomic mass is 10.0. The summed E-state index contributed by atoms with van der Waals surface area (Å²) in [6.45, 7) is 4.94. The summed E-state index contributed by atoms with van der Waals surface area (Å²) in [5, 5.41) is 0. The molecular formula is C21H23NO3. The molecule has 0 unspecified atom stereocenters. The summed E-state index contributed by atoms with van der Waals surface area (Å²) >= 11 is 0. The fourth-order valence-electron chi connectivity index (χ4n) is 3.10. The van der Waals surface area contributed by atoms with E-state index in [1.165, 1.54) is 0 Å². The molecule has 3 rings (SSSR count). The number of benzene rings is 2. The number of ether oxygens (including phenoxy) is 2. The van der Waals surface area contributed by atoms with Gasteiger partial charge in [-0.15, -0.1) is 0 Å². The summed E-state index contributed by atoms with van der Waals surface area (Å²) in [7, 11) is 3.21. The van der Waals surface area contributed by atoms with Gasteiger partial charge in [-0.3, -0.25) is 4.79 Å². The predicted molar refractivity (Wildman–Crippen MR) is 101 cm³/mol. The maximum Gasteiger partial charge on any atom is 0.259 e. The quantitative estimate of drug-likeness (QED) is 0.766. The van der Waals surface area contributed by atoms with Crippen molar-refractivity contribution in [3.05, 3.63) is 53.6 Å². The van der Waals surface area contributed by atoms with Gasteiger partial charge >= 0.3 is 0 Å². The minimum absolute atomic E-state index is 0.0460. The highest BCUT2D eigenvalue weighted by Gasteiger charge is 2.32. The molecule has 0 saturated carbocycles. The monoisotopic (exact) mass is 337 g/mol. The number of fused-ring (bicyclic) bond motifs is 1. The van der Waals surface area contributed by atoms with Crippen LogP contribution in [0.5, 0.6) is 11.5 Å². The normalized spacial score (nSPS) is 15.0. The van der Waals surface area contributed by atoms with Gasteiger partial charge in [0.1, 0.15) is 0 Å². The molecule has 4 nitrogen and oxygen atoms in total. The molecule has 1 amide bonds. The molecule has 1 aliphatic heterocycles. The second-order valence-electron chi connectivity index (χ2n) is 6.50. The molecule has 1 aliphatic rings. The molecule has 0 spiro atoms. The standard InChI is InChI=1S/C21H23NO3/c1-14(2)13-22-18-8-6-5-7-16(18)17(21(22)23)11-15-9-10-19(24-3)20(12-15)25-4/h5-12,14H,13H2,1-4H3/b17-11-. The van der Waals surface area contributed by atoms with Crippen molar-refractivity contribution in [2.45, 2.75) is 13.8 Å². The fraction of sp³-hybridized carbons (Fsp3) is 0.286. The molecule has 25 heavy (non-hydrogen) atoms. The predicted octanol–water partition coefficient (Wildman–Crippen LogP) is 4.25. The Labute approximate surface area is 148 Å². The number of rotatable bonds is 5. The van der Waals surface area contributed by atoms with Crippen LogP contribution in [0.15, 0.2) is 42.5 Å². The molecule has 4 heteroatoms. The van der Waals surface area contributed by atoms with Crippen molar-refractivity contribution in [3.63, 3.8) is 0 Å². The van der Waals surface area contributed by atoms with E-state index in [4.69, 9.17) is 9.47 Å². The van der Waals surface area contributed by atoms with Gasteiger partial charge in [0.2, 0.25) is 0 Å². The van der Waals surface area contributed by atoms with E-state index in [0.717, 1.165) is 16.8 Å². The minimum Gasteiger partial charge on any atom is -0.493 e. The SMILES string of the molecule is COc1ccc(/C=C2\C(=O)N(CC(C)C)c3ccccc32)cc1OC. The van der Waals surface area contributed by atoms with E-state index >= 15 is 0 Å². The van der Waals surface area contributed by atoms with Crippen LogP contribution in [-0.2, 0) is 4.79 Å². The van der Waals surface area contributed by atoms with Crippen LogP contribution in [0.25, 0.3) is 11.6 Å². The minimum atomic E-state index is 0.0460. The van der Waals surface area contributed by atoms with Gasteiger partial charge in [0, 0.05) is 17.7 Å². The lowest BCUT2D eigenvalue weighted by Gasteiger charge is -2.19. The zero-order chi connectivity index (χ0) is 18.0. The summed E-state index contributed by atoms with van der Waals surface area (Å²) in [6.07, 6.45) is 1.92. The molecular weight excluding hydrogens is 314 g/mol. The molecule has 2 aromatic carbocycles. The van der Waals surface area contributed by atoms with Crippen LogP contribution in [0.1, 0.15) is 25.0 Å². The fourth-order valence-corrected chi connectivity index (χ4v) is 3.10. The first-order valence-corrected chi connectivity index (χ1v) is 8.40. The van der Waals surface area contributed by atoms with Crippen LogP contribution in [0.2, 0.25) is 0 Å². The van der Waals surface area contributed by atoms with E-state index in [2.05, 4.69) is 13.8 Å². The molecule has 0 aromatic heterocycles. The van der Waals surface area contributed by atoms with Crippen molar-refractivity contribution in [3.8, 4) is 11.5 Å². The average molecular weight is 337 g/mol. The Balaban J connectivity index is 2.05. The Bertz CT molecular complexity index is 824. The number of nitrogens with zero attached hydrogens (tertiary/aromatic N) is 1. The van der Waals surface area contributed by atoms with Gasteiger partial charge in [-0.25, -0.2) is 0 Å². The van der Waals surface area contributed by atoms with Gasteiger partial charge in [-0.2, -0.15) is 0 Å². The summed E-state index contributed by atoms with van der Waals surface area (Å²) < 4.78 is 10.6. The molecule has 0 saturated heterocycles. The van der Waals surface area contributed by atoms with E-state index in [-0.39, 0.29) is 5.91 Å². The van der Waals surface area contributed by atoms with E-state index in [0.29, 0.717) is 29.5 Å². The van der Waals surface area contributed by atoms with E-state index in [9.17, 15) is 4.79 Å². The smallest absolute Gasteiger partial charge is 0.259 e. The molecule has 1 heterocycles. The van der Waals surface area contributed by atoms with Crippen LogP contribution in [-0.4, -0.2) is 26.7 Å². The molecule has 0 atom stereocenters. The second kappa shape index (κ2) is 7.01. The van der Waals surface area contributed by atoms with E-state index < -0.39 is 0 Å². The molecule has 0 radical (unpaired) electrons. The zero-order valence-corrected chi connectivity index (χ0v) is 15.1. The largest absolute Gasteiger partial charge is 0.493 e. The van der Waals surface area contributed by atoms with Gasteiger partial charge in [-0.1, -0.05) is 38.1 Å². The number of hydrogen-bond donors (Lipinski definition) is 0. The van der Waals surface area contributed by atoms with Gasteiger partial charge in [0.05, 0.1) is 19.9 Å². The first-order chi connectivity index (χ1) is 12.0. The number of methoxy groups -OCH3 is 2. The van der Waals surface area contributed by atoms with Gasteiger partial charge < -0.3 is 14.4 Å². The Morgan fingerprint density at radius 3 is 2.44 bits per heavy atom. The Hall–Kier alpha value is -2.75. The van der Waals surface area contributed by atoms with Crippen LogP contribution in [0.4, 0.5) is 5.69 Å². The molecule has 2 aromatic rings. The van der Waals surface area contributed by atoms with E-state index in [1.54, 1.807) is 14.2 Å². The first-order valence-electron chi connectivity index (χ1n) is 8.40. The summed E-state index contributed by atoms with van der Waals surface area (Å²) in [5.41, 5.74) is 3.57. The van der Waals surface area contributed by atoms with Crippen LogP contribution >= 0.6 is 0 Å². The highest BCUT2D eigenvalue weighted by atomic mass is 16.5. The number of anilines is 1. The van der Waals surface area contributed by atoms with Crippen molar-refractivity contribution in [1.29, 1.82) is 0 Å². The maximum atomic E-state index is 13.0. The zero-order valence-electron chi connectivity index (χ0n) is 15.1. The van der Waals surface area contributed by atoms with Gasteiger partial charge in [0.15, 0.2) is 11.5 Å². The molecule has 130 valence electrons. The summed E-state index contributed by atoms with van der Waals surface area (Å²) in [5.74, 6) is 1.76. The van der Waals surface area contributed by atoms with Crippen LogP contribution in [0, 0.1) is 5.92 Å². The number of amides is 1. The topological polar surface area (TPSA) is 38.8 Å². The molecule has 0 N–H and O–H groups in total. The number of hydrogen-bond acceptors (Lipinski definition) is 3. The van der Waals surface area contributed by atoms with Gasteiger partial charge in [0.25, 0.3) is 5.91 Å². The lowest BCUT2D eigenvalue weighted by Crippen LogP contribution is -2.30. The third kappa shape index (κ3) is 3.25. The Morgan fingerprint density at radius 2 is 1.76 bits per heavy atom. The maximum absolute atomic E-state index is 13.0. The lowest BCUT2D eigenvalue weighted by molar-refractivity contribution is -0.113. The van der Waals surface area contributed by atoms with Crippen molar-refractivity contribution >= 4 is 23.2 Å². The van der Waals surface area contributed by atoms with Crippen LogP contribution in [0.3, 0.4) is 0 Å². The average Bonchev–Trinajstić information content (AvgIpc) is 2.87. The summed E-state index contributed by atoms with van der Waals surface area (Å²) in [4.78, 5) is 14.8. The third-order valence-electron chi connectivity index (χ3n) is 4.23. The molecule has 0 bridgehead atoms. The number of carbonyl (C=O) groups is 1. The highest BCUT2D eigenvalue weighted by Crippen LogP contribution is 2.38. The number of carbonyl (C=O) groups excluding carboxylic acids is 1. The second-order valence-corrected chi connectivity index (χ2v) is 6.50. The van der Waals surface area contributed by atoms with E-state index in [1.807, 2.05) is 53.4 Å². The first kappa shape index (κ1) is 17.1. The molecule has 0 fully saturated rings.